The summed E-state index contributed by atoms with van der Waals surface area (Å²) in [6, 6.07) is -1.93. The molecule has 6 aliphatic rings. The maximum Gasteiger partial charge on any atom is 0.403 e. The van der Waals surface area contributed by atoms with Crippen LogP contribution in [0.1, 0.15) is 51.9 Å². The second kappa shape index (κ2) is 12.2. The average Bonchev–Trinajstić information content (AvgIpc) is 3.54. The van der Waals surface area contributed by atoms with Crippen molar-refractivity contribution < 1.29 is 46.9 Å². The van der Waals surface area contributed by atoms with Gasteiger partial charge in [0.25, 0.3) is 0 Å². The number of allylic oxidation sites excluding steroid dienone is 2. The molecular weight excluding hydrogens is 632 g/mol. The molecule has 0 aromatic heterocycles. The van der Waals surface area contributed by atoms with E-state index in [0.29, 0.717) is 5.70 Å². The first-order valence-electron chi connectivity index (χ1n) is 15.9. The van der Waals surface area contributed by atoms with Gasteiger partial charge in [0.2, 0.25) is 11.8 Å². The zero-order chi connectivity index (χ0) is 33.1. The number of hydrogen-bond acceptors (Lipinski definition) is 8. The van der Waals surface area contributed by atoms with Gasteiger partial charge in [-0.3, -0.25) is 19.5 Å². The first kappa shape index (κ1) is 33.4. The van der Waals surface area contributed by atoms with E-state index in [9.17, 15) is 42.2 Å². The van der Waals surface area contributed by atoms with Gasteiger partial charge in [-0.2, -0.15) is 13.2 Å². The number of aliphatic hydroxyl groups is 1. The summed E-state index contributed by atoms with van der Waals surface area (Å²) in [7, 11) is 0. The number of rotatable bonds is 10. The summed E-state index contributed by atoms with van der Waals surface area (Å²) in [4.78, 5) is 46.7. The van der Waals surface area contributed by atoms with E-state index in [2.05, 4.69) is 10.3 Å². The van der Waals surface area contributed by atoms with Crippen molar-refractivity contribution >= 4 is 35.1 Å². The number of aliphatic imine (C=N–C) groups is 1. The molecule has 2 unspecified atom stereocenters. The fraction of sp³-hybridized carbons (Fsp3) is 0.742. The normalized spacial score (nSPS) is 30.6. The van der Waals surface area contributed by atoms with Crippen LogP contribution >= 0.6 is 11.8 Å². The SMILES string of the molecule is C[C@@H](OCC1(CO)CCCCC1)[C@H](NC(=O)[C@@H]1CN(C2C=C(F)C=C3N=CSC32)CC12CN(C(=O)C1(C(F)(F)F)CC1)C2)C(=O)O. The van der Waals surface area contributed by atoms with Gasteiger partial charge in [0, 0.05) is 43.1 Å². The van der Waals surface area contributed by atoms with Gasteiger partial charge in [-0.25, -0.2) is 9.18 Å². The van der Waals surface area contributed by atoms with E-state index in [1.807, 2.05) is 4.90 Å². The highest BCUT2D eigenvalue weighted by atomic mass is 32.2. The minimum Gasteiger partial charge on any atom is -0.480 e. The highest BCUT2D eigenvalue weighted by Gasteiger charge is 2.71. The van der Waals surface area contributed by atoms with E-state index in [-0.39, 0.29) is 57.5 Å². The van der Waals surface area contributed by atoms with Gasteiger partial charge in [-0.05, 0) is 44.8 Å². The number of nitrogens with one attached hydrogen (secondary N) is 1. The maximum absolute atomic E-state index is 14.6. The molecule has 4 fully saturated rings. The largest absolute Gasteiger partial charge is 0.480 e. The molecule has 0 bridgehead atoms. The predicted molar refractivity (Wildman–Crippen MR) is 160 cm³/mol. The minimum atomic E-state index is -4.67. The van der Waals surface area contributed by atoms with Crippen LogP contribution in [-0.4, -0.2) is 112 Å². The minimum absolute atomic E-state index is 0.0895. The molecule has 2 saturated heterocycles. The number of fused-ring (bicyclic) bond motifs is 1. The number of thioether (sulfide) groups is 1. The highest BCUT2D eigenvalue weighted by molar-refractivity contribution is 8.13. The van der Waals surface area contributed by atoms with Gasteiger partial charge in [0.15, 0.2) is 6.04 Å². The third kappa shape index (κ3) is 5.89. The summed E-state index contributed by atoms with van der Waals surface area (Å²) < 4.78 is 61.9. The second-order valence-electron chi connectivity index (χ2n) is 14.0. The molecule has 0 radical (unpaired) electrons. The van der Waals surface area contributed by atoms with E-state index in [0.717, 1.165) is 37.0 Å². The fourth-order valence-corrected chi connectivity index (χ4v) is 8.91. The maximum atomic E-state index is 14.6. The van der Waals surface area contributed by atoms with Crippen LogP contribution < -0.4 is 5.32 Å². The summed E-state index contributed by atoms with van der Waals surface area (Å²) in [5, 5.41) is 22.5. The number of halogens is 4. The van der Waals surface area contributed by atoms with Crippen molar-refractivity contribution in [2.45, 2.75) is 81.5 Å². The molecule has 15 heteroatoms. The van der Waals surface area contributed by atoms with E-state index in [1.54, 1.807) is 12.5 Å². The lowest BCUT2D eigenvalue weighted by molar-refractivity contribution is -0.205. The Morgan fingerprint density at radius 2 is 1.85 bits per heavy atom. The molecule has 3 N–H and O–H groups in total. The van der Waals surface area contributed by atoms with Crippen molar-refractivity contribution in [2.24, 2.45) is 27.2 Å². The molecule has 46 heavy (non-hydrogen) atoms. The van der Waals surface area contributed by atoms with E-state index < -0.39 is 70.1 Å². The Kier molecular flexibility index (Phi) is 8.86. The third-order valence-corrected chi connectivity index (χ3v) is 12.0. The monoisotopic (exact) mass is 672 g/mol. The van der Waals surface area contributed by atoms with Gasteiger partial charge < -0.3 is 25.2 Å². The summed E-state index contributed by atoms with van der Waals surface area (Å²) in [6.07, 6.45) is 1.05. The van der Waals surface area contributed by atoms with Crippen molar-refractivity contribution in [3.05, 3.63) is 23.7 Å². The van der Waals surface area contributed by atoms with Crippen molar-refractivity contribution in [1.82, 2.24) is 15.1 Å². The number of carbonyl (C=O) groups is 3. The zero-order valence-corrected chi connectivity index (χ0v) is 26.4. The lowest BCUT2D eigenvalue weighted by Crippen LogP contribution is -2.66. The number of aliphatic hydroxyl groups excluding tert-OH is 1. The first-order valence-corrected chi connectivity index (χ1v) is 16.8. The Hall–Kier alpha value is -2.49. The smallest absolute Gasteiger partial charge is 0.403 e. The van der Waals surface area contributed by atoms with Gasteiger partial charge in [0.05, 0.1) is 41.7 Å². The number of likely N-dealkylation sites (tertiary alicyclic amines) is 2. The number of carboxylic acids is 1. The van der Waals surface area contributed by atoms with Crippen molar-refractivity contribution in [3.8, 4) is 0 Å². The van der Waals surface area contributed by atoms with Crippen LogP contribution in [0, 0.1) is 22.2 Å². The first-order chi connectivity index (χ1) is 21.7. The number of alkyl halides is 3. The number of hydrogen-bond donors (Lipinski definition) is 3. The molecule has 3 heterocycles. The average molecular weight is 673 g/mol. The molecule has 3 aliphatic heterocycles. The number of aliphatic carboxylic acids is 1. The number of ether oxygens (including phenoxy) is 1. The van der Waals surface area contributed by atoms with Crippen LogP contribution in [0.15, 0.2) is 28.7 Å². The van der Waals surface area contributed by atoms with Crippen LogP contribution in [0.2, 0.25) is 0 Å². The summed E-state index contributed by atoms with van der Waals surface area (Å²) in [6.45, 7) is 1.68. The Morgan fingerprint density at radius 1 is 1.15 bits per heavy atom. The van der Waals surface area contributed by atoms with Crippen molar-refractivity contribution in [3.63, 3.8) is 0 Å². The number of carbonyl (C=O) groups excluding carboxylic acids is 2. The van der Waals surface area contributed by atoms with Crippen LogP contribution in [0.3, 0.4) is 0 Å². The lowest BCUT2D eigenvalue weighted by atomic mass is 9.70. The molecular formula is C31H40F4N4O6S. The Morgan fingerprint density at radius 3 is 2.46 bits per heavy atom. The van der Waals surface area contributed by atoms with Gasteiger partial charge >= 0.3 is 12.1 Å². The molecule has 1 spiro atoms. The topological polar surface area (TPSA) is 132 Å². The molecule has 5 atom stereocenters. The zero-order valence-electron chi connectivity index (χ0n) is 25.6. The van der Waals surface area contributed by atoms with Crippen LogP contribution in [-0.2, 0) is 19.1 Å². The van der Waals surface area contributed by atoms with E-state index in [4.69, 9.17) is 4.74 Å². The van der Waals surface area contributed by atoms with Crippen LogP contribution in [0.4, 0.5) is 17.6 Å². The third-order valence-electron chi connectivity index (χ3n) is 11.0. The molecule has 6 rings (SSSR count). The standard InChI is InChI=1S/C31H40F4N4O6S/c1-18(45-16-28(15-40)5-3-2-4-6-28)23(26(42)43)37-25(41)20-11-38(22-10-19(32)9-21-24(22)46-17-36-21)12-29(20)13-39(14-29)27(44)30(7-8-30)31(33,34)35/h9-10,17-18,20,22-24,40H,2-8,11-16H2,1H3,(H,37,41)(H,42,43)/t18-,20+,22?,23+,24?/m1/s1. The predicted octanol–water partition coefficient (Wildman–Crippen LogP) is 3.27. The number of carboxylic acid groups (broad SMARTS) is 1. The number of amides is 2. The van der Waals surface area contributed by atoms with Crippen LogP contribution in [0.25, 0.3) is 0 Å². The molecule has 2 saturated carbocycles. The van der Waals surface area contributed by atoms with Gasteiger partial charge in [-0.15, -0.1) is 11.8 Å². The summed E-state index contributed by atoms with van der Waals surface area (Å²) >= 11 is 1.40. The van der Waals surface area contributed by atoms with E-state index in [1.165, 1.54) is 23.9 Å². The Labute approximate surface area is 268 Å². The van der Waals surface area contributed by atoms with Gasteiger partial charge in [0.1, 0.15) is 11.2 Å². The van der Waals surface area contributed by atoms with Crippen LogP contribution in [0.5, 0.6) is 0 Å². The van der Waals surface area contributed by atoms with Crippen molar-refractivity contribution in [1.29, 1.82) is 0 Å². The molecule has 3 aliphatic carbocycles. The van der Waals surface area contributed by atoms with E-state index >= 15 is 0 Å². The summed E-state index contributed by atoms with van der Waals surface area (Å²) in [5.41, 5.74) is -1.64. The molecule has 254 valence electrons. The number of nitrogens with zero attached hydrogens (tertiary/aromatic N) is 3. The quantitative estimate of drug-likeness (QED) is 0.302. The van der Waals surface area contributed by atoms with Crippen molar-refractivity contribution in [2.75, 3.05) is 39.4 Å². The highest BCUT2D eigenvalue weighted by Crippen LogP contribution is 2.60. The fourth-order valence-electron chi connectivity index (χ4n) is 7.92. The lowest BCUT2D eigenvalue weighted by Gasteiger charge is -2.52. The summed E-state index contributed by atoms with van der Waals surface area (Å²) in [5.74, 6) is -4.30. The molecule has 0 aromatic carbocycles. The molecule has 0 aromatic rings. The van der Waals surface area contributed by atoms with Gasteiger partial charge in [-0.1, -0.05) is 19.3 Å². The Balaban J connectivity index is 1.19. The molecule has 10 nitrogen and oxygen atoms in total. The Bertz CT molecular complexity index is 1340. The second-order valence-corrected chi connectivity index (χ2v) is 15.0. The molecule has 2 amide bonds.